The van der Waals surface area contributed by atoms with Gasteiger partial charge in [0, 0.05) is 12.2 Å². The number of rotatable bonds is 1. The zero-order valence-electron chi connectivity index (χ0n) is 9.69. The first-order valence-corrected chi connectivity index (χ1v) is 5.57. The molecule has 0 bridgehead atoms. The molecule has 4 nitrogen and oxygen atoms in total. The maximum absolute atomic E-state index is 12.1. The number of aryl methyl sites for hydroxylation is 2. The normalized spacial score (nSPS) is 16.2. The van der Waals surface area contributed by atoms with Gasteiger partial charge in [-0.15, -0.1) is 0 Å². The van der Waals surface area contributed by atoms with E-state index in [1.807, 2.05) is 26.0 Å². The highest BCUT2D eigenvalue weighted by Crippen LogP contribution is 2.14. The molecule has 0 aromatic carbocycles. The smallest absolute Gasteiger partial charge is 0.271 e. The van der Waals surface area contributed by atoms with Gasteiger partial charge in [-0.1, -0.05) is 0 Å². The van der Waals surface area contributed by atoms with E-state index in [1.54, 1.807) is 0 Å². The first kappa shape index (κ1) is 11.1. The van der Waals surface area contributed by atoms with Crippen LogP contribution in [0.3, 0.4) is 0 Å². The van der Waals surface area contributed by atoms with Gasteiger partial charge >= 0.3 is 0 Å². The molecule has 0 aliphatic carbocycles. The largest absolute Gasteiger partial charge is 0.279 e. The van der Waals surface area contributed by atoms with Crippen molar-refractivity contribution in [2.45, 2.75) is 26.7 Å². The Hall–Kier alpha value is -1.42. The molecule has 1 amide bonds. The van der Waals surface area contributed by atoms with Crippen LogP contribution >= 0.6 is 0 Å². The number of hydroxylamine groups is 2. The molecular weight excluding hydrogens is 204 g/mol. The fourth-order valence-electron chi connectivity index (χ4n) is 1.80. The molecule has 0 unspecified atom stereocenters. The summed E-state index contributed by atoms with van der Waals surface area (Å²) in [5.74, 6) is -0.0790. The summed E-state index contributed by atoms with van der Waals surface area (Å²) in [5, 5.41) is 1.45. The summed E-state index contributed by atoms with van der Waals surface area (Å²) in [6.07, 6.45) is 2.03. The van der Waals surface area contributed by atoms with E-state index in [4.69, 9.17) is 4.84 Å². The topological polar surface area (TPSA) is 42.4 Å². The first-order chi connectivity index (χ1) is 7.68. The van der Waals surface area contributed by atoms with Gasteiger partial charge in [0.05, 0.1) is 17.9 Å². The molecule has 4 heteroatoms. The van der Waals surface area contributed by atoms with E-state index in [0.29, 0.717) is 18.7 Å². The minimum Gasteiger partial charge on any atom is -0.271 e. The molecule has 2 heterocycles. The molecule has 2 rings (SSSR count). The molecule has 0 N–H and O–H groups in total. The van der Waals surface area contributed by atoms with Crippen LogP contribution in [0.15, 0.2) is 12.1 Å². The molecular formula is C12H16N2O2. The number of nitrogens with zero attached hydrogens (tertiary/aromatic N) is 2. The molecule has 1 aliphatic heterocycles. The van der Waals surface area contributed by atoms with Crippen LogP contribution in [0.4, 0.5) is 0 Å². The van der Waals surface area contributed by atoms with Crippen LogP contribution in [0.1, 0.15) is 34.6 Å². The summed E-state index contributed by atoms with van der Waals surface area (Å²) in [6, 6.07) is 3.67. The van der Waals surface area contributed by atoms with Crippen LogP contribution in [-0.4, -0.2) is 29.1 Å². The van der Waals surface area contributed by atoms with Crippen molar-refractivity contribution in [2.75, 3.05) is 13.2 Å². The van der Waals surface area contributed by atoms with Crippen molar-refractivity contribution in [2.24, 2.45) is 0 Å². The standard InChI is InChI=1S/C12H16N2O2/c1-9-5-6-11(10(2)13-9)12(15)14-7-3-4-8-16-14/h5-6H,3-4,7-8H2,1-2H3. The molecule has 1 fully saturated rings. The maximum atomic E-state index is 12.1. The van der Waals surface area contributed by atoms with Crippen LogP contribution in [0, 0.1) is 13.8 Å². The Morgan fingerprint density at radius 3 is 2.81 bits per heavy atom. The lowest BCUT2D eigenvalue weighted by atomic mass is 10.1. The van der Waals surface area contributed by atoms with E-state index >= 15 is 0 Å². The van der Waals surface area contributed by atoms with E-state index < -0.39 is 0 Å². The quantitative estimate of drug-likeness (QED) is 0.725. The molecule has 1 aliphatic rings. The number of aromatic nitrogens is 1. The van der Waals surface area contributed by atoms with E-state index in [0.717, 1.165) is 24.2 Å². The Labute approximate surface area is 95.2 Å². The van der Waals surface area contributed by atoms with Crippen molar-refractivity contribution >= 4 is 5.91 Å². The molecule has 0 atom stereocenters. The summed E-state index contributed by atoms with van der Waals surface area (Å²) in [4.78, 5) is 21.7. The average molecular weight is 220 g/mol. The third kappa shape index (κ3) is 2.22. The second-order valence-corrected chi connectivity index (χ2v) is 4.03. The van der Waals surface area contributed by atoms with Gasteiger partial charge in [0.25, 0.3) is 5.91 Å². The Morgan fingerprint density at radius 1 is 1.38 bits per heavy atom. The number of pyridine rings is 1. The number of amides is 1. The van der Waals surface area contributed by atoms with Gasteiger partial charge in [0.1, 0.15) is 0 Å². The highest BCUT2D eigenvalue weighted by atomic mass is 16.7. The van der Waals surface area contributed by atoms with Crippen molar-refractivity contribution in [3.63, 3.8) is 0 Å². The average Bonchev–Trinajstić information content (AvgIpc) is 2.29. The third-order valence-corrected chi connectivity index (χ3v) is 2.68. The minimum atomic E-state index is -0.0790. The number of carbonyl (C=O) groups excluding carboxylic acids is 1. The third-order valence-electron chi connectivity index (χ3n) is 2.68. The molecule has 1 saturated heterocycles. The van der Waals surface area contributed by atoms with Gasteiger partial charge in [-0.3, -0.25) is 14.6 Å². The summed E-state index contributed by atoms with van der Waals surface area (Å²) in [6.45, 7) is 5.07. The number of hydrogen-bond acceptors (Lipinski definition) is 3. The van der Waals surface area contributed by atoms with Gasteiger partial charge in [-0.2, -0.15) is 0 Å². The second kappa shape index (κ2) is 4.61. The van der Waals surface area contributed by atoms with Crippen LogP contribution in [0.2, 0.25) is 0 Å². The zero-order chi connectivity index (χ0) is 11.5. The van der Waals surface area contributed by atoms with E-state index in [2.05, 4.69) is 4.98 Å². The first-order valence-electron chi connectivity index (χ1n) is 5.57. The number of carbonyl (C=O) groups is 1. The Balaban J connectivity index is 2.19. The number of hydrogen-bond donors (Lipinski definition) is 0. The second-order valence-electron chi connectivity index (χ2n) is 4.03. The van der Waals surface area contributed by atoms with Crippen molar-refractivity contribution in [1.82, 2.24) is 10.0 Å². The summed E-state index contributed by atoms with van der Waals surface area (Å²) in [7, 11) is 0. The van der Waals surface area contributed by atoms with Crippen molar-refractivity contribution < 1.29 is 9.63 Å². The molecule has 1 aromatic rings. The maximum Gasteiger partial charge on any atom is 0.279 e. The summed E-state index contributed by atoms with van der Waals surface area (Å²) < 4.78 is 0. The van der Waals surface area contributed by atoms with Crippen LogP contribution in [0.25, 0.3) is 0 Å². The Bertz CT molecular complexity index is 398. The summed E-state index contributed by atoms with van der Waals surface area (Å²) in [5.41, 5.74) is 2.32. The highest BCUT2D eigenvalue weighted by molar-refractivity contribution is 5.94. The molecule has 0 radical (unpaired) electrons. The molecule has 1 aromatic heterocycles. The van der Waals surface area contributed by atoms with E-state index in [9.17, 15) is 4.79 Å². The van der Waals surface area contributed by atoms with Gasteiger partial charge < -0.3 is 0 Å². The highest BCUT2D eigenvalue weighted by Gasteiger charge is 2.21. The van der Waals surface area contributed by atoms with Crippen molar-refractivity contribution in [3.05, 3.63) is 29.1 Å². The molecule has 0 saturated carbocycles. The van der Waals surface area contributed by atoms with Gasteiger partial charge in [0.2, 0.25) is 0 Å². The monoisotopic (exact) mass is 220 g/mol. The van der Waals surface area contributed by atoms with Crippen molar-refractivity contribution in [1.29, 1.82) is 0 Å². The van der Waals surface area contributed by atoms with E-state index in [-0.39, 0.29) is 5.91 Å². The van der Waals surface area contributed by atoms with E-state index in [1.165, 1.54) is 5.06 Å². The van der Waals surface area contributed by atoms with Gasteiger partial charge in [0.15, 0.2) is 0 Å². The van der Waals surface area contributed by atoms with Crippen molar-refractivity contribution in [3.8, 4) is 0 Å². The fourth-order valence-corrected chi connectivity index (χ4v) is 1.80. The summed E-state index contributed by atoms with van der Waals surface area (Å²) >= 11 is 0. The zero-order valence-corrected chi connectivity index (χ0v) is 9.69. The van der Waals surface area contributed by atoms with Crippen LogP contribution < -0.4 is 0 Å². The lowest BCUT2D eigenvalue weighted by molar-refractivity contribution is -0.144. The Morgan fingerprint density at radius 2 is 2.19 bits per heavy atom. The predicted molar refractivity (Wildman–Crippen MR) is 59.9 cm³/mol. The van der Waals surface area contributed by atoms with Gasteiger partial charge in [-0.25, -0.2) is 5.06 Å². The van der Waals surface area contributed by atoms with Crippen LogP contribution in [0.5, 0.6) is 0 Å². The molecule has 86 valence electrons. The minimum absolute atomic E-state index is 0.0790. The Kier molecular flexibility index (Phi) is 3.19. The molecule has 0 spiro atoms. The molecule has 16 heavy (non-hydrogen) atoms. The van der Waals surface area contributed by atoms with Gasteiger partial charge in [-0.05, 0) is 38.8 Å². The fraction of sp³-hybridized carbons (Fsp3) is 0.500. The lowest BCUT2D eigenvalue weighted by Gasteiger charge is -2.26. The SMILES string of the molecule is Cc1ccc(C(=O)N2CCCCO2)c(C)n1. The lowest BCUT2D eigenvalue weighted by Crippen LogP contribution is -2.36. The van der Waals surface area contributed by atoms with Crippen LogP contribution in [-0.2, 0) is 4.84 Å². The predicted octanol–water partition coefficient (Wildman–Crippen LogP) is 1.87.